The predicted octanol–water partition coefficient (Wildman–Crippen LogP) is 2.29. The SMILES string of the molecule is Nc1ccccc1N=CNOC(=O)c1ccccc1. The minimum atomic E-state index is -0.479. The number of carbonyl (C=O) groups is 1. The molecule has 0 unspecified atom stereocenters. The minimum absolute atomic E-state index is 0.461. The van der Waals surface area contributed by atoms with Gasteiger partial charge in [0, 0.05) is 0 Å². The summed E-state index contributed by atoms with van der Waals surface area (Å²) in [5.74, 6) is -0.479. The van der Waals surface area contributed by atoms with E-state index in [9.17, 15) is 4.79 Å². The number of anilines is 1. The van der Waals surface area contributed by atoms with Gasteiger partial charge in [-0.3, -0.25) is 0 Å². The number of hydrogen-bond acceptors (Lipinski definition) is 4. The van der Waals surface area contributed by atoms with Gasteiger partial charge in [0.15, 0.2) is 0 Å². The molecule has 0 aliphatic heterocycles. The molecule has 0 aliphatic carbocycles. The van der Waals surface area contributed by atoms with Crippen LogP contribution in [-0.4, -0.2) is 12.3 Å². The van der Waals surface area contributed by atoms with Crippen LogP contribution in [0, 0.1) is 0 Å². The maximum absolute atomic E-state index is 11.6. The van der Waals surface area contributed by atoms with Gasteiger partial charge in [0.2, 0.25) is 0 Å². The van der Waals surface area contributed by atoms with Gasteiger partial charge in [-0.25, -0.2) is 15.3 Å². The summed E-state index contributed by atoms with van der Waals surface area (Å²) in [6.07, 6.45) is 1.27. The third-order valence-corrected chi connectivity index (χ3v) is 2.35. The molecule has 0 radical (unpaired) electrons. The average molecular weight is 255 g/mol. The van der Waals surface area contributed by atoms with Gasteiger partial charge in [-0.2, -0.15) is 0 Å². The molecule has 0 spiro atoms. The van der Waals surface area contributed by atoms with E-state index < -0.39 is 5.97 Å². The topological polar surface area (TPSA) is 76.7 Å². The molecule has 2 aromatic rings. The molecule has 0 fully saturated rings. The fourth-order valence-electron chi connectivity index (χ4n) is 1.41. The Morgan fingerprint density at radius 3 is 2.53 bits per heavy atom. The Hall–Kier alpha value is -2.82. The first-order chi connectivity index (χ1) is 9.27. The Bertz CT molecular complexity index is 582. The molecule has 0 saturated carbocycles. The Kier molecular flexibility index (Phi) is 4.12. The maximum Gasteiger partial charge on any atom is 0.362 e. The summed E-state index contributed by atoms with van der Waals surface area (Å²) in [6, 6.07) is 15.8. The summed E-state index contributed by atoms with van der Waals surface area (Å²) in [4.78, 5) is 20.4. The van der Waals surface area contributed by atoms with Crippen molar-refractivity contribution in [3.63, 3.8) is 0 Å². The van der Waals surface area contributed by atoms with Gasteiger partial charge in [0.1, 0.15) is 6.34 Å². The zero-order valence-corrected chi connectivity index (χ0v) is 10.1. The summed E-state index contributed by atoms with van der Waals surface area (Å²) in [5, 5.41) is 0. The third-order valence-electron chi connectivity index (χ3n) is 2.35. The number of carbonyl (C=O) groups excluding carboxylic acids is 1. The third kappa shape index (κ3) is 3.57. The van der Waals surface area contributed by atoms with Crippen LogP contribution in [0.2, 0.25) is 0 Å². The fourth-order valence-corrected chi connectivity index (χ4v) is 1.41. The van der Waals surface area contributed by atoms with E-state index in [4.69, 9.17) is 10.6 Å². The van der Waals surface area contributed by atoms with E-state index in [1.165, 1.54) is 6.34 Å². The second-order valence-corrected chi connectivity index (χ2v) is 3.69. The number of hydroxylamine groups is 1. The van der Waals surface area contributed by atoms with Crippen molar-refractivity contribution in [3.05, 3.63) is 60.2 Å². The van der Waals surface area contributed by atoms with E-state index in [1.807, 2.05) is 18.2 Å². The molecule has 0 aromatic heterocycles. The smallest absolute Gasteiger partial charge is 0.362 e. The van der Waals surface area contributed by atoms with Gasteiger partial charge in [0.25, 0.3) is 0 Å². The number of aliphatic imine (C=N–C) groups is 1. The molecule has 5 nitrogen and oxygen atoms in total. The molecule has 3 N–H and O–H groups in total. The molecule has 96 valence electrons. The highest BCUT2D eigenvalue weighted by Gasteiger charge is 2.04. The van der Waals surface area contributed by atoms with Crippen molar-refractivity contribution in [2.24, 2.45) is 4.99 Å². The van der Waals surface area contributed by atoms with Crippen molar-refractivity contribution < 1.29 is 9.63 Å². The lowest BCUT2D eigenvalue weighted by molar-refractivity contribution is 0.0395. The van der Waals surface area contributed by atoms with Gasteiger partial charge < -0.3 is 10.6 Å². The van der Waals surface area contributed by atoms with Crippen LogP contribution in [-0.2, 0) is 4.84 Å². The zero-order chi connectivity index (χ0) is 13.5. The minimum Gasteiger partial charge on any atom is -0.397 e. The lowest BCUT2D eigenvalue weighted by Gasteiger charge is -2.02. The van der Waals surface area contributed by atoms with Gasteiger partial charge in [-0.15, -0.1) is 0 Å². The molecule has 0 amide bonds. The van der Waals surface area contributed by atoms with Crippen molar-refractivity contribution in [1.82, 2.24) is 5.48 Å². The Morgan fingerprint density at radius 2 is 1.79 bits per heavy atom. The molecule has 19 heavy (non-hydrogen) atoms. The molecule has 5 heteroatoms. The largest absolute Gasteiger partial charge is 0.397 e. The summed E-state index contributed by atoms with van der Waals surface area (Å²) < 4.78 is 0. The van der Waals surface area contributed by atoms with Crippen molar-refractivity contribution in [2.75, 3.05) is 5.73 Å². The molecular formula is C14H13N3O2. The van der Waals surface area contributed by atoms with E-state index in [0.29, 0.717) is 16.9 Å². The highest BCUT2D eigenvalue weighted by Crippen LogP contribution is 2.19. The molecular weight excluding hydrogens is 242 g/mol. The van der Waals surface area contributed by atoms with E-state index in [-0.39, 0.29) is 0 Å². The number of rotatable bonds is 4. The van der Waals surface area contributed by atoms with Gasteiger partial charge >= 0.3 is 5.97 Å². The van der Waals surface area contributed by atoms with Crippen LogP contribution in [0.25, 0.3) is 0 Å². The predicted molar refractivity (Wildman–Crippen MR) is 74.0 cm³/mol. The standard InChI is InChI=1S/C14H13N3O2/c15-12-8-4-5-9-13(12)16-10-17-19-14(18)11-6-2-1-3-7-11/h1-10H,15H2,(H,16,17). The lowest BCUT2D eigenvalue weighted by atomic mass is 10.2. The van der Waals surface area contributed by atoms with Crippen LogP contribution in [0.4, 0.5) is 11.4 Å². The molecule has 0 aliphatic rings. The number of nitrogens with two attached hydrogens (primary N) is 1. The van der Waals surface area contributed by atoms with Crippen LogP contribution in [0.15, 0.2) is 59.6 Å². The van der Waals surface area contributed by atoms with Crippen LogP contribution < -0.4 is 11.2 Å². The van der Waals surface area contributed by atoms with E-state index in [2.05, 4.69) is 10.5 Å². The molecule has 0 bridgehead atoms. The highest BCUT2D eigenvalue weighted by molar-refractivity contribution is 5.89. The van der Waals surface area contributed by atoms with Crippen molar-refractivity contribution in [2.45, 2.75) is 0 Å². The zero-order valence-electron chi connectivity index (χ0n) is 10.1. The second kappa shape index (κ2) is 6.20. The first-order valence-electron chi connectivity index (χ1n) is 5.66. The fraction of sp³-hybridized carbons (Fsp3) is 0. The number of benzene rings is 2. The summed E-state index contributed by atoms with van der Waals surface area (Å²) in [6.45, 7) is 0. The second-order valence-electron chi connectivity index (χ2n) is 3.69. The first kappa shape index (κ1) is 12.6. The normalized spacial score (nSPS) is 10.3. The Morgan fingerprint density at radius 1 is 1.11 bits per heavy atom. The van der Waals surface area contributed by atoms with E-state index >= 15 is 0 Å². The number of nitrogens with zero attached hydrogens (tertiary/aromatic N) is 1. The van der Waals surface area contributed by atoms with E-state index in [0.717, 1.165) is 0 Å². The number of nitrogens with one attached hydrogen (secondary N) is 1. The summed E-state index contributed by atoms with van der Waals surface area (Å²) in [7, 11) is 0. The molecule has 0 saturated heterocycles. The monoisotopic (exact) mass is 255 g/mol. The molecule has 2 aromatic carbocycles. The molecule has 0 atom stereocenters. The number of para-hydroxylation sites is 2. The number of hydrogen-bond donors (Lipinski definition) is 2. The average Bonchev–Trinajstić information content (AvgIpc) is 2.46. The van der Waals surface area contributed by atoms with Crippen molar-refractivity contribution in [3.8, 4) is 0 Å². The van der Waals surface area contributed by atoms with Crippen LogP contribution in [0.1, 0.15) is 10.4 Å². The first-order valence-corrected chi connectivity index (χ1v) is 5.66. The van der Waals surface area contributed by atoms with Crippen LogP contribution in [0.3, 0.4) is 0 Å². The van der Waals surface area contributed by atoms with Crippen molar-refractivity contribution in [1.29, 1.82) is 0 Å². The van der Waals surface area contributed by atoms with Crippen LogP contribution in [0.5, 0.6) is 0 Å². The highest BCUT2D eigenvalue weighted by atomic mass is 16.7. The Balaban J connectivity index is 1.87. The molecule has 2 rings (SSSR count). The van der Waals surface area contributed by atoms with Gasteiger partial charge in [-0.05, 0) is 24.3 Å². The maximum atomic E-state index is 11.6. The number of nitrogen functional groups attached to an aromatic ring is 1. The van der Waals surface area contributed by atoms with Crippen molar-refractivity contribution >= 4 is 23.7 Å². The van der Waals surface area contributed by atoms with Crippen LogP contribution >= 0.6 is 0 Å². The summed E-state index contributed by atoms with van der Waals surface area (Å²) in [5.41, 5.74) is 9.68. The van der Waals surface area contributed by atoms with Gasteiger partial charge in [-0.1, -0.05) is 30.3 Å². The summed E-state index contributed by atoms with van der Waals surface area (Å²) >= 11 is 0. The molecule has 0 heterocycles. The lowest BCUT2D eigenvalue weighted by Crippen LogP contribution is -2.18. The Labute approximate surface area is 110 Å². The van der Waals surface area contributed by atoms with E-state index in [1.54, 1.807) is 36.4 Å². The van der Waals surface area contributed by atoms with Gasteiger partial charge in [0.05, 0.1) is 16.9 Å². The quantitative estimate of drug-likeness (QED) is 0.380.